The Morgan fingerprint density at radius 3 is 2.61 bits per heavy atom. The molecule has 18 heavy (non-hydrogen) atoms. The summed E-state index contributed by atoms with van der Waals surface area (Å²) in [6.07, 6.45) is -4.47. The van der Waals surface area contributed by atoms with Crippen molar-refractivity contribution in [1.29, 1.82) is 0 Å². The van der Waals surface area contributed by atoms with Gasteiger partial charge in [0.25, 0.3) is 0 Å². The highest BCUT2D eigenvalue weighted by molar-refractivity contribution is 5.77. The minimum atomic E-state index is -4.59. The second kappa shape index (κ2) is 5.03. The molecule has 2 atom stereocenters. The molecule has 1 saturated carbocycles. The van der Waals surface area contributed by atoms with Crippen molar-refractivity contribution in [3.63, 3.8) is 0 Å². The molecule has 0 aromatic carbocycles. The van der Waals surface area contributed by atoms with Crippen LogP contribution < -0.4 is 5.32 Å². The lowest BCUT2D eigenvalue weighted by atomic mass is 9.85. The van der Waals surface area contributed by atoms with Crippen molar-refractivity contribution in [2.24, 2.45) is 5.41 Å². The van der Waals surface area contributed by atoms with Gasteiger partial charge in [-0.2, -0.15) is 13.2 Å². The van der Waals surface area contributed by atoms with E-state index in [4.69, 9.17) is 5.11 Å². The van der Waals surface area contributed by atoms with Gasteiger partial charge < -0.3 is 15.2 Å². The van der Waals surface area contributed by atoms with Gasteiger partial charge in [0, 0.05) is 6.04 Å². The lowest BCUT2D eigenvalue weighted by molar-refractivity contribution is -0.161. The van der Waals surface area contributed by atoms with Gasteiger partial charge in [-0.3, -0.25) is 4.79 Å². The molecule has 1 aliphatic carbocycles. The third kappa shape index (κ3) is 3.51. The maximum Gasteiger partial charge on any atom is 0.422 e. The van der Waals surface area contributed by atoms with E-state index in [-0.39, 0.29) is 0 Å². The molecule has 1 fully saturated rings. The summed E-state index contributed by atoms with van der Waals surface area (Å²) < 4.78 is 39.4. The SMILES string of the molecule is CC1(C(=O)O)CCCC1NC(=O)OCC(F)(F)F. The number of hydrogen-bond donors (Lipinski definition) is 2. The summed E-state index contributed by atoms with van der Waals surface area (Å²) >= 11 is 0. The molecule has 8 heteroatoms. The lowest BCUT2D eigenvalue weighted by Gasteiger charge is -2.27. The van der Waals surface area contributed by atoms with Gasteiger partial charge in [-0.1, -0.05) is 6.42 Å². The Labute approximate surface area is 101 Å². The van der Waals surface area contributed by atoms with Crippen molar-refractivity contribution >= 4 is 12.1 Å². The highest BCUT2D eigenvalue weighted by Gasteiger charge is 2.46. The standard InChI is InChI=1S/C10H14F3NO4/c1-9(7(15)16)4-2-3-6(9)14-8(17)18-5-10(11,12)13/h6H,2-5H2,1H3,(H,14,17)(H,15,16). The van der Waals surface area contributed by atoms with E-state index < -0.39 is 36.3 Å². The summed E-state index contributed by atoms with van der Waals surface area (Å²) in [5.74, 6) is -1.08. The summed E-state index contributed by atoms with van der Waals surface area (Å²) in [5.41, 5.74) is -1.16. The van der Waals surface area contributed by atoms with E-state index >= 15 is 0 Å². The summed E-state index contributed by atoms with van der Waals surface area (Å²) in [6, 6.07) is -0.712. The Kier molecular flexibility index (Phi) is 4.08. The molecular weight excluding hydrogens is 255 g/mol. The predicted molar refractivity (Wildman–Crippen MR) is 53.9 cm³/mol. The van der Waals surface area contributed by atoms with Gasteiger partial charge >= 0.3 is 18.2 Å². The zero-order valence-corrected chi connectivity index (χ0v) is 9.71. The van der Waals surface area contributed by atoms with E-state index in [9.17, 15) is 22.8 Å². The number of alkyl carbamates (subject to hydrolysis) is 1. The smallest absolute Gasteiger partial charge is 0.422 e. The highest BCUT2D eigenvalue weighted by atomic mass is 19.4. The number of ether oxygens (including phenoxy) is 1. The molecule has 0 heterocycles. The van der Waals surface area contributed by atoms with Crippen molar-refractivity contribution in [2.45, 2.75) is 38.4 Å². The number of alkyl halides is 3. The van der Waals surface area contributed by atoms with Crippen molar-refractivity contribution < 1.29 is 32.6 Å². The molecule has 1 amide bonds. The minimum absolute atomic E-state index is 0.368. The fraction of sp³-hybridized carbons (Fsp3) is 0.800. The normalized spacial score (nSPS) is 27.9. The van der Waals surface area contributed by atoms with E-state index in [0.29, 0.717) is 19.3 Å². The molecule has 0 aromatic rings. The Bertz CT molecular complexity index is 345. The summed E-state index contributed by atoms with van der Waals surface area (Å²) in [4.78, 5) is 22.2. The summed E-state index contributed by atoms with van der Waals surface area (Å²) in [7, 11) is 0. The predicted octanol–water partition coefficient (Wildman–Crippen LogP) is 1.92. The second-order valence-electron chi connectivity index (χ2n) is 4.50. The molecule has 0 spiro atoms. The van der Waals surface area contributed by atoms with Gasteiger partial charge in [-0.15, -0.1) is 0 Å². The first-order valence-electron chi connectivity index (χ1n) is 5.38. The fourth-order valence-corrected chi connectivity index (χ4v) is 1.98. The first-order valence-corrected chi connectivity index (χ1v) is 5.38. The van der Waals surface area contributed by atoms with E-state index in [1.165, 1.54) is 6.92 Å². The van der Waals surface area contributed by atoms with Gasteiger partial charge in [-0.05, 0) is 19.8 Å². The lowest BCUT2D eigenvalue weighted by Crippen LogP contribution is -2.47. The molecule has 0 bridgehead atoms. The van der Waals surface area contributed by atoms with Crippen molar-refractivity contribution in [3.05, 3.63) is 0 Å². The van der Waals surface area contributed by atoms with Crippen LogP contribution in [0.4, 0.5) is 18.0 Å². The number of halogens is 3. The Morgan fingerprint density at radius 1 is 1.50 bits per heavy atom. The minimum Gasteiger partial charge on any atom is -0.481 e. The van der Waals surface area contributed by atoms with Crippen LogP contribution >= 0.6 is 0 Å². The van der Waals surface area contributed by atoms with E-state index in [1.54, 1.807) is 0 Å². The van der Waals surface area contributed by atoms with Crippen molar-refractivity contribution in [3.8, 4) is 0 Å². The van der Waals surface area contributed by atoms with E-state index in [2.05, 4.69) is 10.1 Å². The number of amides is 1. The Morgan fingerprint density at radius 2 is 2.11 bits per heavy atom. The fourth-order valence-electron chi connectivity index (χ4n) is 1.98. The third-order valence-corrected chi connectivity index (χ3v) is 3.11. The highest BCUT2D eigenvalue weighted by Crippen LogP contribution is 2.38. The molecule has 2 unspecified atom stereocenters. The molecule has 5 nitrogen and oxygen atoms in total. The molecule has 0 saturated heterocycles. The second-order valence-corrected chi connectivity index (χ2v) is 4.50. The van der Waals surface area contributed by atoms with Crippen LogP contribution in [-0.4, -0.2) is 36.0 Å². The van der Waals surface area contributed by atoms with Gasteiger partial charge in [0.1, 0.15) is 0 Å². The number of carboxylic acids is 1. The third-order valence-electron chi connectivity index (χ3n) is 3.11. The maximum atomic E-state index is 11.8. The van der Waals surface area contributed by atoms with Crippen LogP contribution in [0.5, 0.6) is 0 Å². The molecule has 1 aliphatic rings. The average molecular weight is 269 g/mol. The zero-order valence-electron chi connectivity index (χ0n) is 9.71. The number of hydrogen-bond acceptors (Lipinski definition) is 3. The summed E-state index contributed by atoms with van der Waals surface area (Å²) in [6.45, 7) is -0.230. The van der Waals surface area contributed by atoms with Gasteiger partial charge in [0.15, 0.2) is 6.61 Å². The monoisotopic (exact) mass is 269 g/mol. The molecule has 0 radical (unpaired) electrons. The van der Waals surface area contributed by atoms with Crippen LogP contribution in [0.25, 0.3) is 0 Å². The number of rotatable bonds is 3. The molecular formula is C10H14F3NO4. The molecule has 0 aromatic heterocycles. The zero-order chi connectivity index (χ0) is 14.0. The van der Waals surface area contributed by atoms with Gasteiger partial charge in [0.05, 0.1) is 5.41 Å². The Balaban J connectivity index is 2.52. The van der Waals surface area contributed by atoms with Crippen LogP contribution in [0, 0.1) is 5.41 Å². The van der Waals surface area contributed by atoms with Crippen molar-refractivity contribution in [1.82, 2.24) is 5.32 Å². The first-order chi connectivity index (χ1) is 8.15. The van der Waals surface area contributed by atoms with Crippen LogP contribution in [0.15, 0.2) is 0 Å². The Hall–Kier alpha value is -1.47. The first kappa shape index (κ1) is 14.6. The largest absolute Gasteiger partial charge is 0.481 e. The van der Waals surface area contributed by atoms with Crippen LogP contribution in [0.3, 0.4) is 0 Å². The van der Waals surface area contributed by atoms with Crippen LogP contribution in [0.2, 0.25) is 0 Å². The molecule has 0 aliphatic heterocycles. The molecule has 1 rings (SSSR count). The average Bonchev–Trinajstić information content (AvgIpc) is 2.58. The van der Waals surface area contributed by atoms with Crippen LogP contribution in [-0.2, 0) is 9.53 Å². The molecule has 104 valence electrons. The summed E-state index contributed by atoms with van der Waals surface area (Å²) in [5, 5.41) is 11.2. The van der Waals surface area contributed by atoms with E-state index in [0.717, 1.165) is 0 Å². The van der Waals surface area contributed by atoms with Crippen LogP contribution in [0.1, 0.15) is 26.2 Å². The topological polar surface area (TPSA) is 75.6 Å². The quantitative estimate of drug-likeness (QED) is 0.820. The number of nitrogens with one attached hydrogen (secondary N) is 1. The number of carboxylic acid groups (broad SMARTS) is 1. The van der Waals surface area contributed by atoms with Gasteiger partial charge in [-0.25, -0.2) is 4.79 Å². The maximum absolute atomic E-state index is 11.8. The number of carbonyl (C=O) groups excluding carboxylic acids is 1. The number of carbonyl (C=O) groups is 2. The van der Waals surface area contributed by atoms with E-state index in [1.807, 2.05) is 0 Å². The van der Waals surface area contributed by atoms with Crippen molar-refractivity contribution in [2.75, 3.05) is 6.61 Å². The number of aliphatic carboxylic acids is 1. The van der Waals surface area contributed by atoms with Gasteiger partial charge in [0.2, 0.25) is 0 Å². The molecule has 2 N–H and O–H groups in total.